The van der Waals surface area contributed by atoms with Crippen LogP contribution in [0.5, 0.6) is 11.5 Å². The first-order chi connectivity index (χ1) is 16.0. The molecule has 168 valence electrons. The molecule has 7 heteroatoms. The number of aromatic nitrogens is 1. The van der Waals surface area contributed by atoms with E-state index >= 15 is 0 Å². The van der Waals surface area contributed by atoms with Gasteiger partial charge in [-0.3, -0.25) is 14.6 Å². The topological polar surface area (TPSA) is 89.0 Å². The maximum absolute atomic E-state index is 13.2. The van der Waals surface area contributed by atoms with E-state index < -0.39 is 17.7 Å². The number of methoxy groups -OCH3 is 1. The standard InChI is InChI=1S/C26H24N2O5/c1-3-33-21-11-5-9-19(14-21)24(29)22-23(18-8-4-10-20(13-18)32-2)28(26(31)25(22)30)16-17-7-6-12-27-15-17/h4-15,23,29H,3,16H2,1-2H3. The minimum atomic E-state index is -0.795. The Morgan fingerprint density at radius 1 is 1.06 bits per heavy atom. The van der Waals surface area contributed by atoms with Gasteiger partial charge in [-0.15, -0.1) is 0 Å². The van der Waals surface area contributed by atoms with Crippen molar-refractivity contribution in [1.82, 2.24) is 9.88 Å². The van der Waals surface area contributed by atoms with Crippen LogP contribution in [-0.4, -0.2) is 40.4 Å². The molecular weight excluding hydrogens is 420 g/mol. The summed E-state index contributed by atoms with van der Waals surface area (Å²) in [5.41, 5.74) is 1.84. The van der Waals surface area contributed by atoms with Gasteiger partial charge in [0.25, 0.3) is 11.7 Å². The van der Waals surface area contributed by atoms with Crippen LogP contribution in [-0.2, 0) is 16.1 Å². The van der Waals surface area contributed by atoms with Crippen LogP contribution >= 0.6 is 0 Å². The Hall–Kier alpha value is -4.13. The number of carbonyl (C=O) groups excluding carboxylic acids is 2. The summed E-state index contributed by atoms with van der Waals surface area (Å²) in [6.07, 6.45) is 3.29. The molecule has 1 aliphatic rings. The fraction of sp³-hybridized carbons (Fsp3) is 0.192. The van der Waals surface area contributed by atoms with Crippen LogP contribution in [0.1, 0.15) is 29.7 Å². The molecule has 0 saturated carbocycles. The summed E-state index contributed by atoms with van der Waals surface area (Å²) in [6.45, 7) is 2.48. The number of pyridine rings is 1. The van der Waals surface area contributed by atoms with Crippen LogP contribution in [0.15, 0.2) is 78.6 Å². The summed E-state index contributed by atoms with van der Waals surface area (Å²) in [7, 11) is 1.55. The van der Waals surface area contributed by atoms with Gasteiger partial charge < -0.3 is 19.5 Å². The van der Waals surface area contributed by atoms with Crippen LogP contribution in [0.4, 0.5) is 0 Å². The van der Waals surface area contributed by atoms with Gasteiger partial charge in [0.15, 0.2) is 0 Å². The SMILES string of the molecule is CCOc1cccc(C(O)=C2C(=O)C(=O)N(Cc3cccnc3)C2c2cccc(OC)c2)c1. The molecule has 1 aliphatic heterocycles. The number of hydrogen-bond acceptors (Lipinski definition) is 6. The van der Waals surface area contributed by atoms with Gasteiger partial charge in [0.2, 0.25) is 0 Å². The number of Topliss-reactive ketones (excluding diaryl/α,β-unsaturated/α-hetero) is 1. The zero-order chi connectivity index (χ0) is 23.4. The fourth-order valence-electron chi connectivity index (χ4n) is 3.94. The van der Waals surface area contributed by atoms with Crippen molar-refractivity contribution in [2.24, 2.45) is 0 Å². The van der Waals surface area contributed by atoms with Crippen molar-refractivity contribution in [3.8, 4) is 11.5 Å². The van der Waals surface area contributed by atoms with Crippen molar-refractivity contribution in [3.63, 3.8) is 0 Å². The van der Waals surface area contributed by atoms with E-state index in [1.54, 1.807) is 74.1 Å². The predicted molar refractivity (Wildman–Crippen MR) is 123 cm³/mol. The summed E-state index contributed by atoms with van der Waals surface area (Å²) in [4.78, 5) is 31.9. The van der Waals surface area contributed by atoms with Gasteiger partial charge in [0.1, 0.15) is 17.3 Å². The van der Waals surface area contributed by atoms with Crippen molar-refractivity contribution in [1.29, 1.82) is 0 Å². The molecule has 1 saturated heterocycles. The molecule has 3 aromatic rings. The number of rotatable bonds is 7. The first kappa shape index (κ1) is 22.1. The first-order valence-corrected chi connectivity index (χ1v) is 10.6. The number of aliphatic hydroxyl groups is 1. The maximum atomic E-state index is 13.2. The number of amides is 1. The van der Waals surface area contributed by atoms with Gasteiger partial charge >= 0.3 is 0 Å². The van der Waals surface area contributed by atoms with Gasteiger partial charge in [0.05, 0.1) is 25.3 Å². The highest BCUT2D eigenvalue weighted by Crippen LogP contribution is 2.41. The summed E-state index contributed by atoms with van der Waals surface area (Å²) in [6, 6.07) is 16.8. The molecular formula is C26H24N2O5. The lowest BCUT2D eigenvalue weighted by molar-refractivity contribution is -0.140. The van der Waals surface area contributed by atoms with E-state index in [0.717, 1.165) is 5.56 Å². The van der Waals surface area contributed by atoms with Crippen LogP contribution in [0, 0.1) is 0 Å². The molecule has 33 heavy (non-hydrogen) atoms. The molecule has 2 aromatic carbocycles. The van der Waals surface area contributed by atoms with Crippen molar-refractivity contribution < 1.29 is 24.2 Å². The molecule has 1 N–H and O–H groups in total. The lowest BCUT2D eigenvalue weighted by atomic mass is 9.95. The smallest absolute Gasteiger partial charge is 0.295 e. The second kappa shape index (κ2) is 9.56. The molecule has 0 spiro atoms. The monoisotopic (exact) mass is 444 g/mol. The first-order valence-electron chi connectivity index (χ1n) is 10.6. The number of ketones is 1. The third kappa shape index (κ3) is 4.43. The summed E-state index contributed by atoms with van der Waals surface area (Å²) < 4.78 is 10.9. The Morgan fingerprint density at radius 2 is 1.85 bits per heavy atom. The molecule has 1 amide bonds. The fourth-order valence-corrected chi connectivity index (χ4v) is 3.94. The van der Waals surface area contributed by atoms with Crippen LogP contribution in [0.2, 0.25) is 0 Å². The highest BCUT2D eigenvalue weighted by Gasteiger charge is 2.46. The molecule has 0 radical (unpaired) electrons. The summed E-state index contributed by atoms with van der Waals surface area (Å²) in [5.74, 6) is -0.543. The van der Waals surface area contributed by atoms with Gasteiger partial charge in [0, 0.05) is 24.5 Å². The lowest BCUT2D eigenvalue weighted by Gasteiger charge is -2.25. The van der Waals surface area contributed by atoms with E-state index in [4.69, 9.17) is 9.47 Å². The Kier molecular flexibility index (Phi) is 6.40. The molecule has 2 heterocycles. The van der Waals surface area contributed by atoms with Crippen molar-refractivity contribution in [2.45, 2.75) is 19.5 Å². The number of hydrogen-bond donors (Lipinski definition) is 1. The Morgan fingerprint density at radius 3 is 2.58 bits per heavy atom. The van der Waals surface area contributed by atoms with Crippen molar-refractivity contribution in [3.05, 3.63) is 95.3 Å². The molecule has 1 aromatic heterocycles. The number of aliphatic hydroxyl groups excluding tert-OH is 1. The summed E-state index contributed by atoms with van der Waals surface area (Å²) >= 11 is 0. The molecule has 0 bridgehead atoms. The average molecular weight is 444 g/mol. The molecule has 0 aliphatic carbocycles. The minimum absolute atomic E-state index is 0.0193. The van der Waals surface area contributed by atoms with E-state index in [-0.39, 0.29) is 17.9 Å². The number of likely N-dealkylation sites (tertiary alicyclic amines) is 1. The molecule has 1 fully saturated rings. The van der Waals surface area contributed by atoms with Crippen LogP contribution < -0.4 is 9.47 Å². The number of nitrogens with zero attached hydrogens (tertiary/aromatic N) is 2. The lowest BCUT2D eigenvalue weighted by Crippen LogP contribution is -2.29. The third-order valence-corrected chi connectivity index (χ3v) is 5.44. The molecule has 1 atom stereocenters. The second-order valence-corrected chi connectivity index (χ2v) is 7.53. The highest BCUT2D eigenvalue weighted by molar-refractivity contribution is 6.46. The highest BCUT2D eigenvalue weighted by atomic mass is 16.5. The van der Waals surface area contributed by atoms with Crippen LogP contribution in [0.3, 0.4) is 0 Å². The molecule has 7 nitrogen and oxygen atoms in total. The largest absolute Gasteiger partial charge is 0.507 e. The van der Waals surface area contributed by atoms with Gasteiger partial charge in [-0.2, -0.15) is 0 Å². The van der Waals surface area contributed by atoms with E-state index in [1.165, 1.54) is 4.90 Å². The molecule has 4 rings (SSSR count). The third-order valence-electron chi connectivity index (χ3n) is 5.44. The van der Waals surface area contributed by atoms with Crippen LogP contribution in [0.25, 0.3) is 5.76 Å². The minimum Gasteiger partial charge on any atom is -0.507 e. The zero-order valence-electron chi connectivity index (χ0n) is 18.4. The Balaban J connectivity index is 1.86. The average Bonchev–Trinajstić information content (AvgIpc) is 3.09. The van der Waals surface area contributed by atoms with E-state index in [0.29, 0.717) is 29.2 Å². The van der Waals surface area contributed by atoms with Gasteiger partial charge in [-0.1, -0.05) is 30.3 Å². The normalized spacial score (nSPS) is 17.3. The quantitative estimate of drug-likeness (QED) is 0.335. The van der Waals surface area contributed by atoms with Crippen molar-refractivity contribution in [2.75, 3.05) is 13.7 Å². The molecule has 1 unspecified atom stereocenters. The second-order valence-electron chi connectivity index (χ2n) is 7.53. The van der Waals surface area contributed by atoms with E-state index in [2.05, 4.69) is 4.98 Å². The van der Waals surface area contributed by atoms with Gasteiger partial charge in [-0.25, -0.2) is 0 Å². The number of ether oxygens (including phenoxy) is 2. The number of carbonyl (C=O) groups is 2. The van der Waals surface area contributed by atoms with E-state index in [1.807, 2.05) is 13.0 Å². The van der Waals surface area contributed by atoms with E-state index in [9.17, 15) is 14.7 Å². The maximum Gasteiger partial charge on any atom is 0.295 e. The number of benzene rings is 2. The Bertz CT molecular complexity index is 1210. The van der Waals surface area contributed by atoms with Gasteiger partial charge in [-0.05, 0) is 48.4 Å². The Labute approximate surface area is 191 Å². The van der Waals surface area contributed by atoms with Crippen molar-refractivity contribution >= 4 is 17.4 Å². The zero-order valence-corrected chi connectivity index (χ0v) is 18.4. The summed E-state index contributed by atoms with van der Waals surface area (Å²) in [5, 5.41) is 11.2. The predicted octanol–water partition coefficient (Wildman–Crippen LogP) is 4.11.